The number of pyridine rings is 1. The third kappa shape index (κ3) is 2.49. The van der Waals surface area contributed by atoms with Crippen LogP contribution >= 0.6 is 0 Å². The average molecular weight is 373 g/mol. The first-order valence-corrected chi connectivity index (χ1v) is 9.08. The van der Waals surface area contributed by atoms with Crippen LogP contribution in [0.2, 0.25) is 0 Å². The molecule has 0 spiro atoms. The highest BCUT2D eigenvalue weighted by Crippen LogP contribution is 2.34. The highest BCUT2D eigenvalue weighted by atomic mass is 32.2. The molecule has 0 bridgehead atoms. The maximum atomic E-state index is 12.7. The number of H-pyrrole nitrogens is 1. The Morgan fingerprint density at radius 2 is 1.92 bits per heavy atom. The second-order valence-corrected chi connectivity index (χ2v) is 7.89. The molecule has 1 saturated heterocycles. The maximum absolute atomic E-state index is 12.7. The van der Waals surface area contributed by atoms with Gasteiger partial charge in [-0.1, -0.05) is 0 Å². The van der Waals surface area contributed by atoms with Crippen LogP contribution < -0.4 is 0 Å². The fourth-order valence-electron chi connectivity index (χ4n) is 3.32. The number of sulfonamides is 1. The molecule has 25 heavy (non-hydrogen) atoms. The Balaban J connectivity index is 1.64. The molecule has 134 valence electrons. The van der Waals surface area contributed by atoms with Gasteiger partial charge in [-0.15, -0.1) is 0 Å². The third-order valence-electron chi connectivity index (χ3n) is 4.57. The predicted molar refractivity (Wildman–Crippen MR) is 84.2 cm³/mol. The van der Waals surface area contributed by atoms with Crippen LogP contribution in [0.15, 0.2) is 24.8 Å². The van der Waals surface area contributed by atoms with Crippen molar-refractivity contribution in [1.82, 2.24) is 23.8 Å². The molecule has 0 radical (unpaired) electrons. The lowest BCUT2D eigenvalue weighted by atomic mass is 10.1. The largest absolute Gasteiger partial charge is 0.511 e. The second kappa shape index (κ2) is 5.43. The Hall–Kier alpha value is -2.14. The van der Waals surface area contributed by atoms with E-state index in [1.54, 1.807) is 18.7 Å². The zero-order valence-corrected chi connectivity index (χ0v) is 13.7. The van der Waals surface area contributed by atoms with E-state index < -0.39 is 15.5 Å². The predicted octanol–water partition coefficient (Wildman–Crippen LogP) is 2.40. The highest BCUT2D eigenvalue weighted by molar-refractivity contribution is 7.90. The van der Waals surface area contributed by atoms with Gasteiger partial charge in [-0.2, -0.15) is 17.5 Å². The molecule has 4 heterocycles. The van der Waals surface area contributed by atoms with Crippen LogP contribution in [0, 0.1) is 0 Å². The van der Waals surface area contributed by atoms with Crippen molar-refractivity contribution in [2.75, 3.05) is 13.1 Å². The van der Waals surface area contributed by atoms with Gasteiger partial charge < -0.3 is 9.55 Å². The molecule has 3 aromatic heterocycles. The van der Waals surface area contributed by atoms with Crippen molar-refractivity contribution in [1.29, 1.82) is 0 Å². The lowest BCUT2D eigenvalue weighted by Crippen LogP contribution is -2.45. The quantitative estimate of drug-likeness (QED) is 0.748. The van der Waals surface area contributed by atoms with Crippen LogP contribution in [0.4, 0.5) is 13.2 Å². The lowest BCUT2D eigenvalue weighted by molar-refractivity contribution is -0.0496. The highest BCUT2D eigenvalue weighted by Gasteiger charge is 2.50. The van der Waals surface area contributed by atoms with E-state index in [0.717, 1.165) is 10.9 Å². The van der Waals surface area contributed by atoms with Gasteiger partial charge in [0.15, 0.2) is 0 Å². The van der Waals surface area contributed by atoms with E-state index in [2.05, 4.69) is 15.0 Å². The van der Waals surface area contributed by atoms with Gasteiger partial charge in [-0.25, -0.2) is 18.4 Å². The Morgan fingerprint density at radius 1 is 1.20 bits per heavy atom. The molecule has 1 aliphatic rings. The first-order valence-electron chi connectivity index (χ1n) is 7.64. The maximum Gasteiger partial charge on any atom is 0.511 e. The molecule has 0 amide bonds. The van der Waals surface area contributed by atoms with E-state index in [4.69, 9.17) is 0 Å². The molecule has 1 fully saturated rings. The number of halogens is 3. The molecule has 0 saturated carbocycles. The van der Waals surface area contributed by atoms with E-state index in [9.17, 15) is 21.6 Å². The molecule has 0 atom stereocenters. The number of alkyl halides is 3. The van der Waals surface area contributed by atoms with Gasteiger partial charge in [-0.3, -0.25) is 0 Å². The summed E-state index contributed by atoms with van der Waals surface area (Å²) >= 11 is 0. The lowest BCUT2D eigenvalue weighted by Gasteiger charge is -2.32. The molecule has 3 aromatic rings. The van der Waals surface area contributed by atoms with E-state index in [0.29, 0.717) is 15.5 Å². The number of hydrogen-bond acceptors (Lipinski definition) is 4. The van der Waals surface area contributed by atoms with Gasteiger partial charge in [0.25, 0.3) is 0 Å². The van der Waals surface area contributed by atoms with E-state index >= 15 is 0 Å². The Kier molecular flexibility index (Phi) is 3.55. The average Bonchev–Trinajstić information content (AvgIpc) is 3.19. The van der Waals surface area contributed by atoms with Gasteiger partial charge in [0, 0.05) is 30.7 Å². The molecule has 0 aromatic carbocycles. The number of fused-ring (bicyclic) bond motifs is 3. The van der Waals surface area contributed by atoms with Crippen molar-refractivity contribution in [3.8, 4) is 0 Å². The zero-order valence-electron chi connectivity index (χ0n) is 12.9. The molecule has 7 nitrogen and oxygen atoms in total. The first kappa shape index (κ1) is 16.3. The summed E-state index contributed by atoms with van der Waals surface area (Å²) < 4.78 is 63.5. The summed E-state index contributed by atoms with van der Waals surface area (Å²) in [6.07, 6.45) is 5.60. The van der Waals surface area contributed by atoms with Crippen molar-refractivity contribution < 1.29 is 21.6 Å². The number of aromatic nitrogens is 4. The van der Waals surface area contributed by atoms with Crippen molar-refractivity contribution in [3.05, 3.63) is 24.8 Å². The van der Waals surface area contributed by atoms with Crippen LogP contribution in [0.3, 0.4) is 0 Å². The summed E-state index contributed by atoms with van der Waals surface area (Å²) in [6.45, 7) is -0.346. The third-order valence-corrected chi connectivity index (χ3v) is 6.20. The van der Waals surface area contributed by atoms with E-state index in [1.807, 2.05) is 10.6 Å². The molecular formula is C14H14F3N5O2S. The summed E-state index contributed by atoms with van der Waals surface area (Å²) in [7, 11) is -5.27. The van der Waals surface area contributed by atoms with Crippen LogP contribution in [0.1, 0.15) is 18.9 Å². The standard InChI is InChI=1S/C14H14F3N5O2S/c15-14(16,17)25(23,24)21-5-2-9(3-6-21)22-8-20-11-7-19-13-10(12(11)22)1-4-18-13/h1,4,7-9H,2-3,5-6H2,(H,18,19). The van der Waals surface area contributed by atoms with Gasteiger partial charge in [-0.05, 0) is 18.9 Å². The Morgan fingerprint density at radius 3 is 2.60 bits per heavy atom. The van der Waals surface area contributed by atoms with Gasteiger partial charge in [0.2, 0.25) is 0 Å². The number of rotatable bonds is 2. The molecule has 0 unspecified atom stereocenters. The molecule has 4 rings (SSSR count). The summed E-state index contributed by atoms with van der Waals surface area (Å²) in [5.41, 5.74) is -3.02. The molecule has 1 aliphatic heterocycles. The first-order chi connectivity index (χ1) is 11.8. The normalized spacial score (nSPS) is 18.4. The van der Waals surface area contributed by atoms with Crippen molar-refractivity contribution in [2.45, 2.75) is 24.4 Å². The Bertz CT molecular complexity index is 1030. The molecule has 11 heteroatoms. The van der Waals surface area contributed by atoms with Crippen molar-refractivity contribution >= 4 is 32.1 Å². The minimum absolute atomic E-state index is 0.120. The summed E-state index contributed by atoms with van der Waals surface area (Å²) in [5, 5.41) is 0.875. The van der Waals surface area contributed by atoms with Gasteiger partial charge >= 0.3 is 15.5 Å². The summed E-state index contributed by atoms with van der Waals surface area (Å²) in [5.74, 6) is 0. The SMILES string of the molecule is O=S(=O)(N1CCC(n2cnc3cnc4[nH]ccc4c32)CC1)C(F)(F)F. The van der Waals surface area contributed by atoms with Gasteiger partial charge in [0.05, 0.1) is 18.0 Å². The molecule has 1 N–H and O–H groups in total. The minimum Gasteiger partial charge on any atom is -0.346 e. The van der Waals surface area contributed by atoms with E-state index in [-0.39, 0.29) is 32.0 Å². The number of imidazole rings is 1. The van der Waals surface area contributed by atoms with Crippen molar-refractivity contribution in [2.24, 2.45) is 0 Å². The number of hydrogen-bond donors (Lipinski definition) is 1. The zero-order chi connectivity index (χ0) is 17.8. The number of nitrogens with zero attached hydrogens (tertiary/aromatic N) is 4. The molecular weight excluding hydrogens is 359 g/mol. The second-order valence-electron chi connectivity index (χ2n) is 5.96. The summed E-state index contributed by atoms with van der Waals surface area (Å²) in [4.78, 5) is 11.6. The topological polar surface area (TPSA) is 83.9 Å². The fourth-order valence-corrected chi connectivity index (χ4v) is 4.30. The number of aromatic amines is 1. The molecule has 0 aliphatic carbocycles. The van der Waals surface area contributed by atoms with Crippen LogP contribution in [0.25, 0.3) is 22.1 Å². The van der Waals surface area contributed by atoms with Crippen molar-refractivity contribution in [3.63, 3.8) is 0 Å². The van der Waals surface area contributed by atoms with Gasteiger partial charge in [0.1, 0.15) is 11.2 Å². The smallest absolute Gasteiger partial charge is 0.346 e. The number of nitrogens with one attached hydrogen (secondary N) is 1. The number of piperidine rings is 1. The minimum atomic E-state index is -5.27. The van der Waals surface area contributed by atoms with E-state index in [1.165, 1.54) is 0 Å². The van der Waals surface area contributed by atoms with Crippen LogP contribution in [-0.2, 0) is 10.0 Å². The van der Waals surface area contributed by atoms with Crippen LogP contribution in [-0.4, -0.2) is 50.8 Å². The fraction of sp³-hybridized carbons (Fsp3) is 0.429. The summed E-state index contributed by atoms with van der Waals surface area (Å²) in [6, 6.07) is 1.75. The monoisotopic (exact) mass is 373 g/mol. The Labute approximate surface area is 140 Å². The van der Waals surface area contributed by atoms with Crippen LogP contribution in [0.5, 0.6) is 0 Å².